The lowest BCUT2D eigenvalue weighted by Crippen LogP contribution is -2.28. The smallest absolute Gasteiger partial charge is 0.129 e. The molecule has 0 radical (unpaired) electrons. The van der Waals surface area contributed by atoms with Crippen LogP contribution in [0.2, 0.25) is 0 Å². The lowest BCUT2D eigenvalue weighted by Gasteiger charge is -2.19. The van der Waals surface area contributed by atoms with Crippen molar-refractivity contribution in [1.29, 1.82) is 0 Å². The van der Waals surface area contributed by atoms with E-state index < -0.39 is 0 Å². The van der Waals surface area contributed by atoms with E-state index >= 15 is 0 Å². The SMILES string of the molecule is CCCN(CCO)CCCCC(C)=O. The molecule has 0 fully saturated rings. The minimum absolute atomic E-state index is 0.229. The van der Waals surface area contributed by atoms with Crippen LogP contribution in [0.15, 0.2) is 0 Å². The molecule has 0 saturated heterocycles. The van der Waals surface area contributed by atoms with Crippen LogP contribution in [-0.4, -0.2) is 42.0 Å². The van der Waals surface area contributed by atoms with Crippen LogP contribution in [0, 0.1) is 0 Å². The molecule has 0 rings (SSSR count). The lowest BCUT2D eigenvalue weighted by molar-refractivity contribution is -0.117. The molecule has 0 aliphatic rings. The summed E-state index contributed by atoms with van der Waals surface area (Å²) >= 11 is 0. The maximum atomic E-state index is 10.7. The predicted molar refractivity (Wildman–Crippen MR) is 58.3 cm³/mol. The fourth-order valence-corrected chi connectivity index (χ4v) is 1.50. The van der Waals surface area contributed by atoms with Gasteiger partial charge < -0.3 is 14.8 Å². The second-order valence-electron chi connectivity index (χ2n) is 3.72. The molecular weight excluding hydrogens is 178 g/mol. The van der Waals surface area contributed by atoms with Gasteiger partial charge in [0, 0.05) is 13.0 Å². The van der Waals surface area contributed by atoms with Crippen LogP contribution in [0.25, 0.3) is 0 Å². The van der Waals surface area contributed by atoms with E-state index in [1.165, 1.54) is 0 Å². The maximum absolute atomic E-state index is 10.7. The van der Waals surface area contributed by atoms with Crippen molar-refractivity contribution in [1.82, 2.24) is 4.90 Å². The van der Waals surface area contributed by atoms with Crippen LogP contribution < -0.4 is 0 Å². The average Bonchev–Trinajstić information content (AvgIpc) is 2.12. The molecule has 0 amide bonds. The highest BCUT2D eigenvalue weighted by Crippen LogP contribution is 2.00. The number of aliphatic hydroxyl groups excluding tert-OH is 1. The first-order valence-electron chi connectivity index (χ1n) is 5.53. The molecular formula is C11H23NO2. The Kier molecular flexibility index (Phi) is 8.89. The number of aliphatic hydroxyl groups is 1. The quantitative estimate of drug-likeness (QED) is 0.574. The zero-order chi connectivity index (χ0) is 10.8. The highest BCUT2D eigenvalue weighted by molar-refractivity contribution is 5.75. The highest BCUT2D eigenvalue weighted by atomic mass is 16.3. The van der Waals surface area contributed by atoms with Crippen LogP contribution in [0.3, 0.4) is 0 Å². The number of hydrogen-bond donors (Lipinski definition) is 1. The van der Waals surface area contributed by atoms with E-state index in [1.807, 2.05) is 0 Å². The summed E-state index contributed by atoms with van der Waals surface area (Å²) in [6.45, 7) is 6.81. The zero-order valence-electron chi connectivity index (χ0n) is 9.46. The summed E-state index contributed by atoms with van der Waals surface area (Å²) in [5.41, 5.74) is 0. The summed E-state index contributed by atoms with van der Waals surface area (Å²) in [5, 5.41) is 8.81. The van der Waals surface area contributed by atoms with Gasteiger partial charge in [-0.3, -0.25) is 0 Å². The molecule has 0 aromatic rings. The molecule has 0 heterocycles. The maximum Gasteiger partial charge on any atom is 0.129 e. The Labute approximate surface area is 87.1 Å². The predicted octanol–water partition coefficient (Wildman–Crippen LogP) is 1.45. The largest absolute Gasteiger partial charge is 0.395 e. The second-order valence-corrected chi connectivity index (χ2v) is 3.72. The van der Waals surface area contributed by atoms with Crippen LogP contribution in [0.1, 0.15) is 39.5 Å². The van der Waals surface area contributed by atoms with Crippen molar-refractivity contribution in [2.24, 2.45) is 0 Å². The molecule has 0 bridgehead atoms. The minimum atomic E-state index is 0.229. The first-order chi connectivity index (χ1) is 6.70. The van der Waals surface area contributed by atoms with Crippen LogP contribution in [0.5, 0.6) is 0 Å². The van der Waals surface area contributed by atoms with Crippen molar-refractivity contribution < 1.29 is 9.90 Å². The van der Waals surface area contributed by atoms with E-state index in [1.54, 1.807) is 6.92 Å². The van der Waals surface area contributed by atoms with E-state index in [9.17, 15) is 4.79 Å². The Hall–Kier alpha value is -0.410. The molecule has 3 heteroatoms. The molecule has 84 valence electrons. The van der Waals surface area contributed by atoms with E-state index in [-0.39, 0.29) is 12.4 Å². The number of ketones is 1. The molecule has 14 heavy (non-hydrogen) atoms. The van der Waals surface area contributed by atoms with E-state index in [4.69, 9.17) is 5.11 Å². The molecule has 0 saturated carbocycles. The van der Waals surface area contributed by atoms with E-state index in [0.29, 0.717) is 6.42 Å². The third-order valence-electron chi connectivity index (χ3n) is 2.21. The molecule has 0 atom stereocenters. The fraction of sp³-hybridized carbons (Fsp3) is 0.909. The summed E-state index contributed by atoms with van der Waals surface area (Å²) in [6.07, 6.45) is 3.84. The number of hydrogen-bond acceptors (Lipinski definition) is 3. The van der Waals surface area contributed by atoms with Gasteiger partial charge in [0.05, 0.1) is 6.61 Å². The standard InChI is InChI=1S/C11H23NO2/c1-3-7-12(9-10-13)8-5-4-6-11(2)14/h13H,3-10H2,1-2H3. The molecule has 0 aromatic heterocycles. The summed E-state index contributed by atoms with van der Waals surface area (Å²) in [7, 11) is 0. The lowest BCUT2D eigenvalue weighted by atomic mass is 10.2. The highest BCUT2D eigenvalue weighted by Gasteiger charge is 2.02. The van der Waals surface area contributed by atoms with Gasteiger partial charge in [-0.25, -0.2) is 0 Å². The van der Waals surface area contributed by atoms with Gasteiger partial charge in [-0.1, -0.05) is 6.92 Å². The Morgan fingerprint density at radius 2 is 1.93 bits per heavy atom. The van der Waals surface area contributed by atoms with Crippen molar-refractivity contribution >= 4 is 5.78 Å². The van der Waals surface area contributed by atoms with Gasteiger partial charge in [-0.15, -0.1) is 0 Å². The molecule has 0 aliphatic carbocycles. The van der Waals surface area contributed by atoms with Gasteiger partial charge in [0.25, 0.3) is 0 Å². The molecule has 0 aromatic carbocycles. The number of Topliss-reactive ketones (excluding diaryl/α,β-unsaturated/α-hetero) is 1. The topological polar surface area (TPSA) is 40.5 Å². The third kappa shape index (κ3) is 8.20. The molecule has 3 nitrogen and oxygen atoms in total. The third-order valence-corrected chi connectivity index (χ3v) is 2.21. The summed E-state index contributed by atoms with van der Waals surface area (Å²) in [6, 6.07) is 0. The fourth-order valence-electron chi connectivity index (χ4n) is 1.50. The van der Waals surface area contributed by atoms with Crippen molar-refractivity contribution in [3.05, 3.63) is 0 Å². The zero-order valence-corrected chi connectivity index (χ0v) is 9.46. The van der Waals surface area contributed by atoms with Crippen molar-refractivity contribution in [2.45, 2.75) is 39.5 Å². The Balaban J connectivity index is 3.44. The second kappa shape index (κ2) is 9.16. The average molecular weight is 201 g/mol. The molecule has 0 spiro atoms. The van der Waals surface area contributed by atoms with Gasteiger partial charge in [0.15, 0.2) is 0 Å². The Morgan fingerprint density at radius 1 is 1.21 bits per heavy atom. The van der Waals surface area contributed by atoms with Gasteiger partial charge in [-0.05, 0) is 39.3 Å². The minimum Gasteiger partial charge on any atom is -0.395 e. The van der Waals surface area contributed by atoms with Crippen molar-refractivity contribution in [2.75, 3.05) is 26.2 Å². The van der Waals surface area contributed by atoms with Crippen LogP contribution in [0.4, 0.5) is 0 Å². The summed E-state index contributed by atoms with van der Waals surface area (Å²) in [4.78, 5) is 12.9. The summed E-state index contributed by atoms with van der Waals surface area (Å²) in [5.74, 6) is 0.272. The number of carbonyl (C=O) groups excluding carboxylic acids is 1. The monoisotopic (exact) mass is 201 g/mol. The van der Waals surface area contributed by atoms with Crippen molar-refractivity contribution in [3.8, 4) is 0 Å². The Morgan fingerprint density at radius 3 is 2.43 bits per heavy atom. The normalized spacial score (nSPS) is 10.9. The van der Waals surface area contributed by atoms with Crippen LogP contribution in [-0.2, 0) is 4.79 Å². The number of nitrogens with zero attached hydrogens (tertiary/aromatic N) is 1. The molecule has 1 N–H and O–H groups in total. The molecule has 0 unspecified atom stereocenters. The van der Waals surface area contributed by atoms with Crippen LogP contribution >= 0.6 is 0 Å². The van der Waals surface area contributed by atoms with Gasteiger partial charge in [-0.2, -0.15) is 0 Å². The first kappa shape index (κ1) is 13.6. The number of rotatable bonds is 9. The first-order valence-corrected chi connectivity index (χ1v) is 5.53. The van der Waals surface area contributed by atoms with Gasteiger partial charge in [0.2, 0.25) is 0 Å². The van der Waals surface area contributed by atoms with Crippen molar-refractivity contribution in [3.63, 3.8) is 0 Å². The number of carbonyl (C=O) groups is 1. The Bertz CT molecular complexity index is 142. The summed E-state index contributed by atoms with van der Waals surface area (Å²) < 4.78 is 0. The van der Waals surface area contributed by atoms with E-state index in [0.717, 1.165) is 38.9 Å². The van der Waals surface area contributed by atoms with Gasteiger partial charge in [0.1, 0.15) is 5.78 Å². The van der Waals surface area contributed by atoms with Gasteiger partial charge >= 0.3 is 0 Å². The van der Waals surface area contributed by atoms with E-state index in [2.05, 4.69) is 11.8 Å². The molecule has 0 aliphatic heterocycles. The number of unbranched alkanes of at least 4 members (excludes halogenated alkanes) is 1.